The lowest BCUT2D eigenvalue weighted by molar-refractivity contribution is -0.125. The van der Waals surface area contributed by atoms with Crippen molar-refractivity contribution in [3.8, 4) is 0 Å². The minimum absolute atomic E-state index is 0.0313. The van der Waals surface area contributed by atoms with Gasteiger partial charge in [-0.05, 0) is 29.6 Å². The monoisotopic (exact) mass is 378 g/mol. The van der Waals surface area contributed by atoms with Crippen LogP contribution in [0.25, 0.3) is 0 Å². The average molecular weight is 379 g/mol. The van der Waals surface area contributed by atoms with Crippen molar-refractivity contribution in [2.75, 3.05) is 0 Å². The van der Waals surface area contributed by atoms with Gasteiger partial charge >= 0.3 is 0 Å². The number of benzene rings is 1. The predicted octanol–water partition coefficient (Wildman–Crippen LogP) is 3.59. The fourth-order valence-corrected chi connectivity index (χ4v) is 6.13. The van der Waals surface area contributed by atoms with E-state index in [1.165, 1.54) is 0 Å². The number of hydrogen-bond acceptors (Lipinski definition) is 3. The molecule has 146 valence electrons. The zero-order valence-electron chi connectivity index (χ0n) is 16.6. The van der Waals surface area contributed by atoms with Crippen molar-refractivity contribution in [3.63, 3.8) is 0 Å². The van der Waals surface area contributed by atoms with E-state index >= 15 is 0 Å². The van der Waals surface area contributed by atoms with Crippen LogP contribution in [0.4, 0.5) is 0 Å². The van der Waals surface area contributed by atoms with Gasteiger partial charge in [-0.25, -0.2) is 0 Å². The van der Waals surface area contributed by atoms with Crippen LogP contribution in [0, 0.1) is 5.92 Å². The maximum Gasteiger partial charge on any atom is 0.220 e. The molecule has 0 fully saturated rings. The number of hydrogen-bond donors (Lipinski definition) is 2. The van der Waals surface area contributed by atoms with Gasteiger partial charge in [-0.15, -0.1) is 0 Å². The van der Waals surface area contributed by atoms with Gasteiger partial charge in [0.15, 0.2) is 8.32 Å². The van der Waals surface area contributed by atoms with Gasteiger partial charge < -0.3 is 15.5 Å². The largest absolute Gasteiger partial charge is 0.413 e. The van der Waals surface area contributed by atoms with E-state index in [2.05, 4.69) is 26.1 Å². The maximum absolute atomic E-state index is 12.3. The smallest absolute Gasteiger partial charge is 0.220 e. The van der Waals surface area contributed by atoms with Crippen LogP contribution in [0.5, 0.6) is 0 Å². The molecular formula is C20H34N2O3Si. The van der Waals surface area contributed by atoms with E-state index in [1.807, 2.05) is 37.3 Å². The van der Waals surface area contributed by atoms with E-state index in [-0.39, 0.29) is 30.3 Å². The summed E-state index contributed by atoms with van der Waals surface area (Å²) in [6.45, 7) is 8.93. The van der Waals surface area contributed by atoms with Crippen molar-refractivity contribution in [1.82, 2.24) is 5.32 Å². The maximum atomic E-state index is 12.3. The fourth-order valence-electron chi connectivity index (χ4n) is 3.17. The Morgan fingerprint density at radius 3 is 2.15 bits per heavy atom. The highest BCUT2D eigenvalue weighted by atomic mass is 28.4. The molecule has 0 spiro atoms. The Balaban J connectivity index is 2.68. The van der Waals surface area contributed by atoms with Crippen LogP contribution in [0.1, 0.15) is 46.1 Å². The highest BCUT2D eigenvalue weighted by Crippen LogP contribution is 2.28. The summed E-state index contributed by atoms with van der Waals surface area (Å²) >= 11 is 0. The van der Waals surface area contributed by atoms with Crippen molar-refractivity contribution in [3.05, 3.63) is 35.9 Å². The van der Waals surface area contributed by atoms with Crippen LogP contribution >= 0.6 is 0 Å². The molecule has 0 aliphatic carbocycles. The van der Waals surface area contributed by atoms with E-state index in [9.17, 15) is 9.59 Å². The summed E-state index contributed by atoms with van der Waals surface area (Å²) in [6, 6.07) is 12.8. The van der Waals surface area contributed by atoms with Crippen LogP contribution in [0.2, 0.25) is 18.1 Å². The van der Waals surface area contributed by atoms with Crippen LogP contribution < -0.4 is 11.1 Å². The molecule has 0 aromatic heterocycles. The molecule has 0 saturated carbocycles. The molecule has 3 N–H and O–H groups in total. The van der Waals surface area contributed by atoms with Crippen LogP contribution in [0.3, 0.4) is 0 Å². The second-order valence-corrected chi connectivity index (χ2v) is 11.7. The van der Waals surface area contributed by atoms with Crippen molar-refractivity contribution in [1.29, 1.82) is 0 Å². The first-order valence-corrected chi connectivity index (χ1v) is 12.2. The molecule has 1 rings (SSSR count). The standard InChI is InChI=1S/C20H34N2O3Si/c1-5-26(6-2,7-3)25-18(14-19(21)23)16(4)13-20(24)22-15-17-11-9-8-10-12-17/h8-12,16,18H,5-7,13-15H2,1-4H3,(H2,21,23)(H,22,24)/t16-,18+/m1/s1. The molecule has 0 aliphatic heterocycles. The molecule has 5 nitrogen and oxygen atoms in total. The van der Waals surface area contributed by atoms with Gasteiger partial charge in [0.25, 0.3) is 0 Å². The molecular weight excluding hydrogens is 344 g/mol. The zero-order chi connectivity index (χ0) is 19.6. The molecule has 6 heteroatoms. The van der Waals surface area contributed by atoms with Crippen molar-refractivity contribution < 1.29 is 14.0 Å². The first kappa shape index (κ1) is 22.4. The number of nitrogens with one attached hydrogen (secondary N) is 1. The summed E-state index contributed by atoms with van der Waals surface area (Å²) in [5.41, 5.74) is 6.50. The second kappa shape index (κ2) is 11.1. The van der Waals surface area contributed by atoms with Crippen molar-refractivity contribution >= 4 is 20.1 Å². The minimum Gasteiger partial charge on any atom is -0.413 e. The number of carbonyl (C=O) groups excluding carboxylic acids is 2. The van der Waals surface area contributed by atoms with Gasteiger partial charge in [0, 0.05) is 13.0 Å². The number of carbonyl (C=O) groups is 2. The lowest BCUT2D eigenvalue weighted by Gasteiger charge is -2.35. The molecule has 0 bridgehead atoms. The molecule has 0 unspecified atom stereocenters. The fraction of sp³-hybridized carbons (Fsp3) is 0.600. The zero-order valence-corrected chi connectivity index (χ0v) is 17.6. The molecule has 0 heterocycles. The number of amides is 2. The highest BCUT2D eigenvalue weighted by Gasteiger charge is 2.35. The van der Waals surface area contributed by atoms with Gasteiger partial charge in [-0.1, -0.05) is 58.0 Å². The topological polar surface area (TPSA) is 81.4 Å². The molecule has 0 aliphatic rings. The van der Waals surface area contributed by atoms with E-state index in [1.54, 1.807) is 0 Å². The van der Waals surface area contributed by atoms with E-state index in [0.29, 0.717) is 13.0 Å². The molecule has 26 heavy (non-hydrogen) atoms. The van der Waals surface area contributed by atoms with Gasteiger partial charge in [-0.3, -0.25) is 9.59 Å². The molecule has 0 radical (unpaired) electrons. The summed E-state index contributed by atoms with van der Waals surface area (Å²) in [5, 5.41) is 2.94. The summed E-state index contributed by atoms with van der Waals surface area (Å²) < 4.78 is 6.48. The first-order valence-electron chi connectivity index (χ1n) is 9.62. The Bertz CT molecular complexity index is 553. The average Bonchev–Trinajstić information content (AvgIpc) is 2.64. The van der Waals surface area contributed by atoms with Crippen LogP contribution in [0.15, 0.2) is 30.3 Å². The third-order valence-electron chi connectivity index (χ3n) is 5.21. The molecule has 0 saturated heterocycles. The quantitative estimate of drug-likeness (QED) is 0.545. The second-order valence-electron chi connectivity index (χ2n) is 7.01. The lowest BCUT2D eigenvalue weighted by Crippen LogP contribution is -2.44. The van der Waals surface area contributed by atoms with E-state index in [0.717, 1.165) is 23.7 Å². The Hall–Kier alpha value is -1.66. The molecule has 2 amide bonds. The first-order chi connectivity index (χ1) is 12.4. The van der Waals surface area contributed by atoms with Gasteiger partial charge in [0.05, 0.1) is 12.5 Å². The van der Waals surface area contributed by atoms with Crippen LogP contribution in [-0.2, 0) is 20.6 Å². The predicted molar refractivity (Wildman–Crippen MR) is 108 cm³/mol. The van der Waals surface area contributed by atoms with Crippen LogP contribution in [-0.4, -0.2) is 26.2 Å². The third-order valence-corrected chi connectivity index (χ3v) is 9.88. The molecule has 1 aromatic rings. The van der Waals surface area contributed by atoms with E-state index < -0.39 is 8.32 Å². The Kier molecular flexibility index (Phi) is 9.58. The summed E-state index contributed by atoms with van der Waals surface area (Å²) in [7, 11) is -1.87. The number of nitrogens with two attached hydrogens (primary N) is 1. The Labute approximate surface area is 158 Å². The van der Waals surface area contributed by atoms with E-state index in [4.69, 9.17) is 10.2 Å². The molecule has 1 aromatic carbocycles. The SMILES string of the molecule is CC[Si](CC)(CC)O[C@@H](CC(N)=O)[C@H](C)CC(=O)NCc1ccccc1. The third kappa shape index (κ3) is 7.29. The summed E-state index contributed by atoms with van der Waals surface area (Å²) in [5.74, 6) is -0.469. The number of primary amides is 1. The highest BCUT2D eigenvalue weighted by molar-refractivity contribution is 6.73. The van der Waals surface area contributed by atoms with Gasteiger partial charge in [0.1, 0.15) is 0 Å². The normalized spacial score (nSPS) is 13.8. The van der Waals surface area contributed by atoms with Gasteiger partial charge in [-0.2, -0.15) is 0 Å². The van der Waals surface area contributed by atoms with Gasteiger partial charge in [0.2, 0.25) is 11.8 Å². The lowest BCUT2D eigenvalue weighted by atomic mass is 9.97. The Morgan fingerprint density at radius 1 is 1.08 bits per heavy atom. The summed E-state index contributed by atoms with van der Waals surface area (Å²) in [6.07, 6.45) is 0.204. The number of rotatable bonds is 12. The Morgan fingerprint density at radius 2 is 1.65 bits per heavy atom. The van der Waals surface area contributed by atoms with Crippen molar-refractivity contribution in [2.45, 2.75) is 71.3 Å². The van der Waals surface area contributed by atoms with Crippen molar-refractivity contribution in [2.24, 2.45) is 11.7 Å². The molecule has 2 atom stereocenters. The minimum atomic E-state index is -1.87. The summed E-state index contributed by atoms with van der Waals surface area (Å²) in [4.78, 5) is 23.8.